The largest absolute Gasteiger partial charge is 0.481 e. The van der Waals surface area contributed by atoms with Crippen LogP contribution in [0.15, 0.2) is 48.8 Å². The molecule has 0 aliphatic carbocycles. The maximum atomic E-state index is 12.2. The van der Waals surface area contributed by atoms with Crippen LogP contribution < -0.4 is 10.1 Å². The molecule has 122 valence electrons. The number of carbonyl (C=O) groups is 1. The molecular weight excluding hydrogens is 348 g/mol. The summed E-state index contributed by atoms with van der Waals surface area (Å²) >= 11 is 7.09. The highest BCUT2D eigenvalue weighted by Crippen LogP contribution is 2.25. The van der Waals surface area contributed by atoms with E-state index in [1.165, 1.54) is 11.3 Å². The normalized spacial score (nSPS) is 11.8. The van der Waals surface area contributed by atoms with Gasteiger partial charge in [-0.15, -0.1) is 10.2 Å². The second-order valence-corrected chi connectivity index (χ2v) is 6.27. The number of amides is 1. The van der Waals surface area contributed by atoms with Gasteiger partial charge in [-0.3, -0.25) is 15.1 Å². The monoisotopic (exact) mass is 360 g/mol. The van der Waals surface area contributed by atoms with Crippen LogP contribution in [0, 0.1) is 0 Å². The Balaban J connectivity index is 1.62. The fourth-order valence-corrected chi connectivity index (χ4v) is 2.72. The van der Waals surface area contributed by atoms with Crippen LogP contribution in [-0.2, 0) is 4.79 Å². The summed E-state index contributed by atoms with van der Waals surface area (Å²) in [4.78, 5) is 16.2. The number of rotatable bonds is 5. The van der Waals surface area contributed by atoms with E-state index in [0.717, 1.165) is 5.56 Å². The molecule has 1 aromatic carbocycles. The molecule has 0 radical (unpaired) electrons. The number of carbonyl (C=O) groups excluding carboxylic acids is 1. The van der Waals surface area contributed by atoms with Crippen LogP contribution in [0.25, 0.3) is 10.6 Å². The Morgan fingerprint density at radius 2 is 2.04 bits per heavy atom. The molecule has 3 rings (SSSR count). The number of benzene rings is 1. The quantitative estimate of drug-likeness (QED) is 0.751. The van der Waals surface area contributed by atoms with Crippen molar-refractivity contribution in [2.24, 2.45) is 0 Å². The van der Waals surface area contributed by atoms with E-state index >= 15 is 0 Å². The van der Waals surface area contributed by atoms with Gasteiger partial charge in [0.15, 0.2) is 11.1 Å². The number of ether oxygens (including phenoxy) is 1. The van der Waals surface area contributed by atoms with Gasteiger partial charge >= 0.3 is 0 Å². The molecule has 3 aromatic rings. The van der Waals surface area contributed by atoms with E-state index in [9.17, 15) is 4.79 Å². The lowest BCUT2D eigenvalue weighted by atomic mass is 10.3. The number of pyridine rings is 1. The number of nitrogens with zero attached hydrogens (tertiary/aromatic N) is 3. The molecule has 0 saturated heterocycles. The third-order valence-corrected chi connectivity index (χ3v) is 4.20. The summed E-state index contributed by atoms with van der Waals surface area (Å²) in [6.45, 7) is 1.66. The van der Waals surface area contributed by atoms with Gasteiger partial charge in [-0.05, 0) is 43.3 Å². The highest BCUT2D eigenvalue weighted by molar-refractivity contribution is 7.18. The molecule has 2 heterocycles. The Morgan fingerprint density at radius 3 is 2.75 bits per heavy atom. The Kier molecular flexibility index (Phi) is 5.02. The van der Waals surface area contributed by atoms with Crippen molar-refractivity contribution in [2.45, 2.75) is 13.0 Å². The molecule has 6 nitrogen and oxygen atoms in total. The third-order valence-electron chi connectivity index (χ3n) is 3.06. The van der Waals surface area contributed by atoms with Crippen molar-refractivity contribution in [2.75, 3.05) is 5.32 Å². The Morgan fingerprint density at radius 1 is 1.25 bits per heavy atom. The molecule has 2 aromatic heterocycles. The molecule has 0 unspecified atom stereocenters. The molecule has 8 heteroatoms. The van der Waals surface area contributed by atoms with Gasteiger partial charge in [0.1, 0.15) is 5.75 Å². The summed E-state index contributed by atoms with van der Waals surface area (Å²) in [5, 5.41) is 12.4. The van der Waals surface area contributed by atoms with Crippen molar-refractivity contribution in [3.05, 3.63) is 53.8 Å². The van der Waals surface area contributed by atoms with Crippen molar-refractivity contribution < 1.29 is 9.53 Å². The molecule has 0 fully saturated rings. The van der Waals surface area contributed by atoms with Gasteiger partial charge in [-0.2, -0.15) is 0 Å². The fraction of sp³-hybridized carbons (Fsp3) is 0.125. The first-order chi connectivity index (χ1) is 11.6. The van der Waals surface area contributed by atoms with Gasteiger partial charge in [0, 0.05) is 23.0 Å². The lowest BCUT2D eigenvalue weighted by molar-refractivity contribution is -0.122. The van der Waals surface area contributed by atoms with Gasteiger partial charge < -0.3 is 4.74 Å². The van der Waals surface area contributed by atoms with Crippen molar-refractivity contribution in [3.63, 3.8) is 0 Å². The van der Waals surface area contributed by atoms with Gasteiger partial charge in [0.25, 0.3) is 5.91 Å². The summed E-state index contributed by atoms with van der Waals surface area (Å²) in [5.41, 5.74) is 0.848. The molecule has 1 atom stereocenters. The zero-order valence-electron chi connectivity index (χ0n) is 12.6. The van der Waals surface area contributed by atoms with Gasteiger partial charge in [-0.25, -0.2) is 0 Å². The van der Waals surface area contributed by atoms with Crippen molar-refractivity contribution in [3.8, 4) is 16.3 Å². The summed E-state index contributed by atoms with van der Waals surface area (Å²) in [6, 6.07) is 10.5. The lowest BCUT2D eigenvalue weighted by Gasteiger charge is -2.13. The van der Waals surface area contributed by atoms with Crippen LogP contribution >= 0.6 is 22.9 Å². The summed E-state index contributed by atoms with van der Waals surface area (Å²) in [7, 11) is 0. The first-order valence-electron chi connectivity index (χ1n) is 7.09. The number of nitrogens with one attached hydrogen (secondary N) is 1. The van der Waals surface area contributed by atoms with Crippen LogP contribution in [-0.4, -0.2) is 27.2 Å². The molecule has 0 saturated carbocycles. The van der Waals surface area contributed by atoms with Crippen LogP contribution in [0.4, 0.5) is 5.13 Å². The molecule has 1 amide bonds. The number of aromatic nitrogens is 3. The minimum atomic E-state index is -0.683. The van der Waals surface area contributed by atoms with Crippen molar-refractivity contribution in [1.29, 1.82) is 0 Å². The van der Waals surface area contributed by atoms with Crippen LogP contribution in [0.1, 0.15) is 6.92 Å². The first-order valence-corrected chi connectivity index (χ1v) is 8.28. The number of halogens is 1. The van der Waals surface area contributed by atoms with Crippen LogP contribution in [0.5, 0.6) is 5.75 Å². The Hall–Kier alpha value is -2.51. The third kappa shape index (κ3) is 4.06. The second-order valence-electron chi connectivity index (χ2n) is 4.86. The Labute approximate surface area is 147 Å². The maximum absolute atomic E-state index is 12.2. The predicted octanol–water partition coefficient (Wildman–Crippen LogP) is 3.66. The number of anilines is 1. The van der Waals surface area contributed by atoms with E-state index in [4.69, 9.17) is 16.3 Å². The lowest BCUT2D eigenvalue weighted by Crippen LogP contribution is -2.30. The summed E-state index contributed by atoms with van der Waals surface area (Å²) in [6.07, 6.45) is 2.69. The number of hydrogen-bond donors (Lipinski definition) is 1. The van der Waals surface area contributed by atoms with Gasteiger partial charge in [-0.1, -0.05) is 22.9 Å². The van der Waals surface area contributed by atoms with Crippen LogP contribution in [0.3, 0.4) is 0 Å². The average molecular weight is 361 g/mol. The van der Waals surface area contributed by atoms with E-state index in [0.29, 0.717) is 20.9 Å². The standard InChI is InChI=1S/C16H13ClN4O2S/c1-10(23-13-6-4-12(17)5-7-13)14(22)19-16-21-20-15(24-16)11-3-2-8-18-9-11/h2-10H,1H3,(H,19,21,22)/t10-/m1/s1. The van der Waals surface area contributed by atoms with E-state index in [1.807, 2.05) is 12.1 Å². The zero-order valence-corrected chi connectivity index (χ0v) is 14.2. The van der Waals surface area contributed by atoms with Crippen LogP contribution in [0.2, 0.25) is 5.02 Å². The topological polar surface area (TPSA) is 77.0 Å². The SMILES string of the molecule is C[C@@H](Oc1ccc(Cl)cc1)C(=O)Nc1nnc(-c2cccnc2)s1. The van der Waals surface area contributed by atoms with Gasteiger partial charge in [0.05, 0.1) is 0 Å². The minimum Gasteiger partial charge on any atom is -0.481 e. The van der Waals surface area contributed by atoms with E-state index in [2.05, 4.69) is 20.5 Å². The highest BCUT2D eigenvalue weighted by Gasteiger charge is 2.17. The average Bonchev–Trinajstić information content (AvgIpc) is 3.06. The van der Waals surface area contributed by atoms with E-state index < -0.39 is 6.10 Å². The smallest absolute Gasteiger partial charge is 0.266 e. The molecule has 24 heavy (non-hydrogen) atoms. The highest BCUT2D eigenvalue weighted by atomic mass is 35.5. The molecule has 0 aliphatic rings. The summed E-state index contributed by atoms with van der Waals surface area (Å²) in [5.74, 6) is 0.259. The second kappa shape index (κ2) is 7.37. The molecule has 0 bridgehead atoms. The van der Waals surface area contributed by atoms with Crippen molar-refractivity contribution in [1.82, 2.24) is 15.2 Å². The molecule has 1 N–H and O–H groups in total. The van der Waals surface area contributed by atoms with E-state index in [-0.39, 0.29) is 5.91 Å². The first kappa shape index (κ1) is 16.4. The van der Waals surface area contributed by atoms with Gasteiger partial charge in [0.2, 0.25) is 5.13 Å². The van der Waals surface area contributed by atoms with E-state index in [1.54, 1.807) is 43.6 Å². The molecule has 0 aliphatic heterocycles. The van der Waals surface area contributed by atoms with Crippen molar-refractivity contribution >= 4 is 34.0 Å². The zero-order chi connectivity index (χ0) is 16.9. The predicted molar refractivity (Wildman–Crippen MR) is 93.3 cm³/mol. The molecule has 0 spiro atoms. The minimum absolute atomic E-state index is 0.307. The maximum Gasteiger partial charge on any atom is 0.266 e. The molecular formula is C16H13ClN4O2S. The Bertz CT molecular complexity index is 824. The number of hydrogen-bond acceptors (Lipinski definition) is 6. The fourth-order valence-electron chi connectivity index (χ4n) is 1.86. The summed E-state index contributed by atoms with van der Waals surface area (Å²) < 4.78 is 5.57.